The molecule has 0 aromatic heterocycles. The van der Waals surface area contributed by atoms with Crippen molar-refractivity contribution in [2.75, 3.05) is 20.8 Å². The van der Waals surface area contributed by atoms with Gasteiger partial charge in [-0.05, 0) is 19.4 Å². The molecule has 4 N–H and O–H groups in total. The molecule has 0 aliphatic rings. The molecule has 0 rings (SSSR count). The molecular weight excluding hydrogens is 200 g/mol. The Bertz CT molecular complexity index is 145. The first-order valence-electron chi connectivity index (χ1n) is 4.88. The molecule has 0 bridgehead atoms. The zero-order valence-corrected chi connectivity index (χ0v) is 10.3. The number of rotatable bonds is 8. The predicted molar refractivity (Wildman–Crippen MR) is 57.6 cm³/mol. The van der Waals surface area contributed by atoms with E-state index in [0.717, 1.165) is 12.8 Å². The molecule has 86 valence electrons. The van der Waals surface area contributed by atoms with Gasteiger partial charge in [-0.25, -0.2) is 0 Å². The fourth-order valence-corrected chi connectivity index (χ4v) is 3.23. The van der Waals surface area contributed by atoms with Gasteiger partial charge in [0.25, 0.3) is 0 Å². The Morgan fingerprint density at radius 3 is 2.21 bits per heavy atom. The molecule has 0 saturated heterocycles. The fraction of sp³-hybridized carbons (Fsp3) is 1.00. The molecule has 0 aliphatic carbocycles. The average Bonchev–Trinajstić information content (AvgIpc) is 2.24. The van der Waals surface area contributed by atoms with Crippen LogP contribution in [0.5, 0.6) is 0 Å². The summed E-state index contributed by atoms with van der Waals surface area (Å²) in [6.07, 6.45) is 1.24. The van der Waals surface area contributed by atoms with Gasteiger partial charge in [0.2, 0.25) is 0 Å². The van der Waals surface area contributed by atoms with Crippen molar-refractivity contribution in [1.29, 1.82) is 0 Å². The van der Waals surface area contributed by atoms with Gasteiger partial charge >= 0.3 is 8.80 Å². The van der Waals surface area contributed by atoms with Crippen LogP contribution in [0.2, 0.25) is 6.04 Å². The standard InChI is InChI=1S/C8H22N2O3Si/c1-4-8(10)13-14(11-2,12-3)7-5-6-9/h8H,4-7,9-10H2,1-3H3. The Balaban J connectivity index is 4.20. The zero-order valence-electron chi connectivity index (χ0n) is 9.29. The van der Waals surface area contributed by atoms with E-state index in [1.165, 1.54) is 0 Å². The van der Waals surface area contributed by atoms with Crippen molar-refractivity contribution in [3.05, 3.63) is 0 Å². The lowest BCUT2D eigenvalue weighted by atomic mass is 10.5. The first-order valence-corrected chi connectivity index (χ1v) is 6.81. The van der Waals surface area contributed by atoms with Crippen molar-refractivity contribution < 1.29 is 13.3 Å². The molecule has 0 heterocycles. The first kappa shape index (κ1) is 14.0. The van der Waals surface area contributed by atoms with Gasteiger partial charge in [-0.2, -0.15) is 0 Å². The van der Waals surface area contributed by atoms with E-state index in [2.05, 4.69) is 0 Å². The van der Waals surface area contributed by atoms with E-state index >= 15 is 0 Å². The Morgan fingerprint density at radius 2 is 1.86 bits per heavy atom. The van der Waals surface area contributed by atoms with E-state index in [-0.39, 0.29) is 6.23 Å². The van der Waals surface area contributed by atoms with Crippen LogP contribution in [0.25, 0.3) is 0 Å². The molecule has 0 saturated carbocycles. The van der Waals surface area contributed by atoms with Crippen LogP contribution in [-0.2, 0) is 13.3 Å². The van der Waals surface area contributed by atoms with Gasteiger partial charge < -0.3 is 24.7 Å². The van der Waals surface area contributed by atoms with Gasteiger partial charge in [0.1, 0.15) is 0 Å². The fourth-order valence-electron chi connectivity index (χ4n) is 1.08. The van der Waals surface area contributed by atoms with Gasteiger partial charge in [-0.3, -0.25) is 0 Å². The van der Waals surface area contributed by atoms with Crippen molar-refractivity contribution in [1.82, 2.24) is 0 Å². The summed E-state index contributed by atoms with van der Waals surface area (Å²) in [5.74, 6) is 0. The van der Waals surface area contributed by atoms with Crippen molar-refractivity contribution in [3.63, 3.8) is 0 Å². The van der Waals surface area contributed by atoms with Crippen molar-refractivity contribution in [2.45, 2.75) is 32.0 Å². The minimum Gasteiger partial charge on any atom is -0.377 e. The zero-order chi connectivity index (χ0) is 11.0. The summed E-state index contributed by atoms with van der Waals surface area (Å²) in [5.41, 5.74) is 11.1. The van der Waals surface area contributed by atoms with E-state index in [1.807, 2.05) is 6.92 Å². The molecule has 0 aliphatic heterocycles. The van der Waals surface area contributed by atoms with Gasteiger partial charge in [0, 0.05) is 20.3 Å². The molecule has 1 unspecified atom stereocenters. The Kier molecular flexibility index (Phi) is 7.34. The summed E-state index contributed by atoms with van der Waals surface area (Å²) in [6.45, 7) is 2.56. The van der Waals surface area contributed by atoms with Crippen LogP contribution in [0.4, 0.5) is 0 Å². The maximum atomic E-state index is 5.70. The monoisotopic (exact) mass is 222 g/mol. The second-order valence-electron chi connectivity index (χ2n) is 3.05. The van der Waals surface area contributed by atoms with Crippen LogP contribution in [0.3, 0.4) is 0 Å². The molecule has 1 atom stereocenters. The predicted octanol–water partition coefficient (Wildman–Crippen LogP) is 0.278. The third-order valence-corrected chi connectivity index (χ3v) is 4.91. The topological polar surface area (TPSA) is 79.7 Å². The number of hydrogen-bond donors (Lipinski definition) is 2. The molecule has 0 fully saturated rings. The van der Waals surface area contributed by atoms with E-state index in [0.29, 0.717) is 12.6 Å². The van der Waals surface area contributed by atoms with Crippen LogP contribution in [0.1, 0.15) is 19.8 Å². The molecule has 0 radical (unpaired) electrons. The van der Waals surface area contributed by atoms with Crippen molar-refractivity contribution >= 4 is 8.80 Å². The molecule has 0 aromatic carbocycles. The maximum absolute atomic E-state index is 5.70. The van der Waals surface area contributed by atoms with Crippen molar-refractivity contribution in [3.8, 4) is 0 Å². The van der Waals surface area contributed by atoms with Gasteiger partial charge in [-0.1, -0.05) is 6.92 Å². The van der Waals surface area contributed by atoms with Crippen LogP contribution in [0, 0.1) is 0 Å². The number of nitrogens with two attached hydrogens (primary N) is 2. The third-order valence-electron chi connectivity index (χ3n) is 2.04. The highest BCUT2D eigenvalue weighted by molar-refractivity contribution is 6.60. The van der Waals surface area contributed by atoms with Crippen LogP contribution in [0.15, 0.2) is 0 Å². The number of hydrogen-bond acceptors (Lipinski definition) is 5. The van der Waals surface area contributed by atoms with E-state index in [4.69, 9.17) is 24.7 Å². The summed E-state index contributed by atoms with van der Waals surface area (Å²) >= 11 is 0. The molecule has 0 spiro atoms. The second kappa shape index (κ2) is 7.33. The summed E-state index contributed by atoms with van der Waals surface area (Å²) < 4.78 is 16.2. The lowest BCUT2D eigenvalue weighted by Gasteiger charge is -2.28. The lowest BCUT2D eigenvalue weighted by Crippen LogP contribution is -2.49. The summed E-state index contributed by atoms with van der Waals surface area (Å²) in [6, 6.07) is 0.712. The maximum Gasteiger partial charge on any atom is 0.501 e. The minimum absolute atomic E-state index is 0.320. The molecule has 14 heavy (non-hydrogen) atoms. The quantitative estimate of drug-likeness (QED) is 0.455. The van der Waals surface area contributed by atoms with Gasteiger partial charge in [0.05, 0.1) is 6.23 Å². The summed E-state index contributed by atoms with van der Waals surface area (Å²) in [4.78, 5) is 0. The smallest absolute Gasteiger partial charge is 0.377 e. The summed E-state index contributed by atoms with van der Waals surface area (Å²) in [5, 5.41) is 0. The van der Waals surface area contributed by atoms with Crippen LogP contribution < -0.4 is 11.5 Å². The van der Waals surface area contributed by atoms with Gasteiger partial charge in [-0.15, -0.1) is 0 Å². The SMILES string of the molecule is CCC(N)O[Si](CCCN)(OC)OC. The normalized spacial score (nSPS) is 14.4. The molecule has 6 heteroatoms. The first-order chi connectivity index (χ1) is 6.64. The second-order valence-corrected chi connectivity index (χ2v) is 5.97. The molecular formula is C8H22N2O3Si. The Hall–Kier alpha value is 0.0169. The van der Waals surface area contributed by atoms with Gasteiger partial charge in [0.15, 0.2) is 0 Å². The van der Waals surface area contributed by atoms with Crippen LogP contribution in [-0.4, -0.2) is 35.8 Å². The molecule has 0 amide bonds. The largest absolute Gasteiger partial charge is 0.501 e. The average molecular weight is 222 g/mol. The highest BCUT2D eigenvalue weighted by Gasteiger charge is 2.39. The Morgan fingerprint density at radius 1 is 1.29 bits per heavy atom. The van der Waals surface area contributed by atoms with E-state index < -0.39 is 8.80 Å². The van der Waals surface area contributed by atoms with E-state index in [9.17, 15) is 0 Å². The lowest BCUT2D eigenvalue weighted by molar-refractivity contribution is 0.0557. The Labute approximate surface area is 87.1 Å². The highest BCUT2D eigenvalue weighted by atomic mass is 28.4. The molecule has 5 nitrogen and oxygen atoms in total. The summed E-state index contributed by atoms with van der Waals surface area (Å²) in [7, 11) is 0.630. The minimum atomic E-state index is -2.55. The highest BCUT2D eigenvalue weighted by Crippen LogP contribution is 2.17. The molecule has 0 aromatic rings. The third kappa shape index (κ3) is 4.49. The van der Waals surface area contributed by atoms with Crippen molar-refractivity contribution in [2.24, 2.45) is 11.5 Å². The van der Waals surface area contributed by atoms with E-state index in [1.54, 1.807) is 14.2 Å². The van der Waals surface area contributed by atoms with Crippen LogP contribution >= 0.6 is 0 Å².